The van der Waals surface area contributed by atoms with Crippen LogP contribution in [0, 0.1) is 0 Å². The summed E-state index contributed by atoms with van der Waals surface area (Å²) >= 11 is 9.08. The molecule has 3 N–H and O–H groups in total. The van der Waals surface area contributed by atoms with Crippen molar-refractivity contribution in [2.45, 2.75) is 25.6 Å². The maximum absolute atomic E-state index is 10.7. The molecule has 0 aliphatic carbocycles. The van der Waals surface area contributed by atoms with Gasteiger partial charge in [0, 0.05) is 23.0 Å². The van der Waals surface area contributed by atoms with Crippen molar-refractivity contribution in [3.8, 4) is 0 Å². The van der Waals surface area contributed by atoms with Gasteiger partial charge in [0.2, 0.25) is 5.91 Å². The van der Waals surface area contributed by atoms with Crippen molar-refractivity contribution in [2.24, 2.45) is 0 Å². The Morgan fingerprint density at radius 1 is 1.50 bits per heavy atom. The Morgan fingerprint density at radius 3 is 2.72 bits per heavy atom. The Kier molecular flexibility index (Phi) is 6.08. The molecule has 0 saturated carbocycles. The highest BCUT2D eigenvalue weighted by molar-refractivity contribution is 9.10. The summed E-state index contributed by atoms with van der Waals surface area (Å²) in [5.74, 6) is -0.163. The van der Waals surface area contributed by atoms with E-state index in [0.29, 0.717) is 21.6 Å². The van der Waals surface area contributed by atoms with Crippen LogP contribution in [-0.4, -0.2) is 28.8 Å². The molecule has 0 fully saturated rings. The summed E-state index contributed by atoms with van der Waals surface area (Å²) < 4.78 is 0.640. The van der Waals surface area contributed by atoms with Gasteiger partial charge in [0.05, 0.1) is 6.10 Å². The fourth-order valence-corrected chi connectivity index (χ4v) is 2.42. The number of carbonyl (C=O) groups is 1. The zero-order valence-corrected chi connectivity index (χ0v) is 12.2. The van der Waals surface area contributed by atoms with Crippen LogP contribution in [0.1, 0.15) is 25.0 Å². The minimum atomic E-state index is -1.02. The predicted molar refractivity (Wildman–Crippen MR) is 73.4 cm³/mol. The van der Waals surface area contributed by atoms with Gasteiger partial charge in [-0.3, -0.25) is 4.79 Å². The van der Waals surface area contributed by atoms with Crippen LogP contribution in [0.4, 0.5) is 0 Å². The fraction of sp³-hybridized carbons (Fsp3) is 0.417. The summed E-state index contributed by atoms with van der Waals surface area (Å²) in [6, 6.07) is 4.95. The van der Waals surface area contributed by atoms with Gasteiger partial charge in [0.1, 0.15) is 6.10 Å². The van der Waals surface area contributed by atoms with Crippen LogP contribution in [0.2, 0.25) is 5.02 Å². The molecule has 1 aromatic carbocycles. The van der Waals surface area contributed by atoms with Crippen LogP contribution >= 0.6 is 27.5 Å². The molecule has 0 radical (unpaired) electrons. The van der Waals surface area contributed by atoms with E-state index < -0.39 is 12.2 Å². The van der Waals surface area contributed by atoms with Crippen molar-refractivity contribution >= 4 is 33.4 Å². The molecule has 0 bridgehead atoms. The van der Waals surface area contributed by atoms with E-state index in [9.17, 15) is 15.0 Å². The first-order chi connectivity index (χ1) is 8.41. The first-order valence-electron chi connectivity index (χ1n) is 5.47. The second kappa shape index (κ2) is 7.09. The van der Waals surface area contributed by atoms with Gasteiger partial charge in [-0.1, -0.05) is 33.6 Å². The van der Waals surface area contributed by atoms with Gasteiger partial charge in [-0.25, -0.2) is 0 Å². The SMILES string of the molecule is CC(=O)NCCC(O)C(O)c1ccc(Cl)cc1Br. The average molecular weight is 337 g/mol. The second-order valence-electron chi connectivity index (χ2n) is 3.95. The molecule has 0 saturated heterocycles. The van der Waals surface area contributed by atoms with E-state index in [4.69, 9.17) is 11.6 Å². The smallest absolute Gasteiger partial charge is 0.216 e. The highest BCUT2D eigenvalue weighted by Crippen LogP contribution is 2.29. The van der Waals surface area contributed by atoms with Gasteiger partial charge in [-0.05, 0) is 24.1 Å². The van der Waals surface area contributed by atoms with Crippen LogP contribution in [-0.2, 0) is 4.79 Å². The number of carbonyl (C=O) groups excluding carboxylic acids is 1. The fourth-order valence-electron chi connectivity index (χ4n) is 1.50. The number of benzene rings is 1. The third-order valence-corrected chi connectivity index (χ3v) is 3.38. The third-order valence-electron chi connectivity index (χ3n) is 2.46. The van der Waals surface area contributed by atoms with Gasteiger partial charge in [0.15, 0.2) is 0 Å². The lowest BCUT2D eigenvalue weighted by atomic mass is 10.0. The molecule has 0 aromatic heterocycles. The number of nitrogens with one attached hydrogen (secondary N) is 1. The quantitative estimate of drug-likeness (QED) is 0.770. The van der Waals surface area contributed by atoms with Crippen LogP contribution in [0.3, 0.4) is 0 Å². The van der Waals surface area contributed by atoms with Crippen LogP contribution in [0.25, 0.3) is 0 Å². The molecular weight excluding hydrogens is 321 g/mol. The summed E-state index contributed by atoms with van der Waals surface area (Å²) in [6.07, 6.45) is -1.70. The highest BCUT2D eigenvalue weighted by Gasteiger charge is 2.20. The zero-order valence-electron chi connectivity index (χ0n) is 9.86. The van der Waals surface area contributed by atoms with Crippen molar-refractivity contribution in [3.05, 3.63) is 33.3 Å². The maximum atomic E-state index is 10.7. The molecule has 1 aromatic rings. The van der Waals surface area contributed by atoms with E-state index in [1.807, 2.05) is 0 Å². The lowest BCUT2D eigenvalue weighted by molar-refractivity contribution is -0.119. The lowest BCUT2D eigenvalue weighted by Crippen LogP contribution is -2.27. The molecule has 1 rings (SSSR count). The Labute approximate surface area is 119 Å². The molecule has 2 unspecified atom stereocenters. The summed E-state index contributed by atoms with van der Waals surface area (Å²) in [6.45, 7) is 1.72. The van der Waals surface area contributed by atoms with Crippen LogP contribution < -0.4 is 5.32 Å². The number of aliphatic hydroxyl groups is 2. The normalized spacial score (nSPS) is 14.1. The number of hydrogen-bond donors (Lipinski definition) is 3. The maximum Gasteiger partial charge on any atom is 0.216 e. The number of aliphatic hydroxyl groups excluding tert-OH is 2. The van der Waals surface area contributed by atoms with Crippen molar-refractivity contribution in [2.75, 3.05) is 6.54 Å². The molecule has 0 spiro atoms. The summed E-state index contributed by atoms with van der Waals surface area (Å²) in [7, 11) is 0. The monoisotopic (exact) mass is 335 g/mol. The van der Waals surface area contributed by atoms with E-state index in [2.05, 4.69) is 21.2 Å². The molecule has 18 heavy (non-hydrogen) atoms. The molecule has 2 atom stereocenters. The van der Waals surface area contributed by atoms with Gasteiger partial charge < -0.3 is 15.5 Å². The van der Waals surface area contributed by atoms with E-state index in [1.54, 1.807) is 18.2 Å². The number of hydrogen-bond acceptors (Lipinski definition) is 3. The Balaban J connectivity index is 2.62. The van der Waals surface area contributed by atoms with Crippen LogP contribution in [0.15, 0.2) is 22.7 Å². The largest absolute Gasteiger partial charge is 0.390 e. The zero-order chi connectivity index (χ0) is 13.7. The van der Waals surface area contributed by atoms with Gasteiger partial charge in [0.25, 0.3) is 0 Å². The number of rotatable bonds is 5. The van der Waals surface area contributed by atoms with Crippen molar-refractivity contribution in [1.29, 1.82) is 0 Å². The summed E-state index contributed by atoms with van der Waals surface area (Å²) in [5.41, 5.74) is 0.565. The molecule has 6 heteroatoms. The van der Waals surface area contributed by atoms with Crippen LogP contribution in [0.5, 0.6) is 0 Å². The molecule has 0 aliphatic rings. The molecule has 0 aliphatic heterocycles. The van der Waals surface area contributed by atoms with E-state index >= 15 is 0 Å². The van der Waals surface area contributed by atoms with E-state index in [-0.39, 0.29) is 12.3 Å². The lowest BCUT2D eigenvalue weighted by Gasteiger charge is -2.19. The minimum absolute atomic E-state index is 0.163. The Bertz CT molecular complexity index is 428. The highest BCUT2D eigenvalue weighted by atomic mass is 79.9. The van der Waals surface area contributed by atoms with E-state index in [0.717, 1.165) is 0 Å². The molecular formula is C12H15BrClNO3. The Hall–Kier alpha value is -0.620. The topological polar surface area (TPSA) is 69.6 Å². The minimum Gasteiger partial charge on any atom is -0.390 e. The third kappa shape index (κ3) is 4.57. The standard InChI is InChI=1S/C12H15BrClNO3/c1-7(16)15-5-4-11(17)12(18)9-3-2-8(14)6-10(9)13/h2-3,6,11-12,17-18H,4-5H2,1H3,(H,15,16). The summed E-state index contributed by atoms with van der Waals surface area (Å²) in [4.78, 5) is 10.7. The molecule has 4 nitrogen and oxygen atoms in total. The number of halogens is 2. The number of amides is 1. The first kappa shape index (κ1) is 15.4. The second-order valence-corrected chi connectivity index (χ2v) is 5.24. The van der Waals surface area contributed by atoms with Gasteiger partial charge >= 0.3 is 0 Å². The summed E-state index contributed by atoms with van der Waals surface area (Å²) in [5, 5.41) is 22.9. The van der Waals surface area contributed by atoms with Gasteiger partial charge in [-0.2, -0.15) is 0 Å². The molecule has 1 amide bonds. The first-order valence-corrected chi connectivity index (χ1v) is 6.64. The average Bonchev–Trinajstić information content (AvgIpc) is 2.27. The molecule has 0 heterocycles. The van der Waals surface area contributed by atoms with Gasteiger partial charge in [-0.15, -0.1) is 0 Å². The van der Waals surface area contributed by atoms with Crippen molar-refractivity contribution in [3.63, 3.8) is 0 Å². The Morgan fingerprint density at radius 2 is 2.17 bits per heavy atom. The molecule has 100 valence electrons. The van der Waals surface area contributed by atoms with Crippen molar-refractivity contribution < 1.29 is 15.0 Å². The van der Waals surface area contributed by atoms with E-state index in [1.165, 1.54) is 6.92 Å². The predicted octanol–water partition coefficient (Wildman–Crippen LogP) is 2.02. The van der Waals surface area contributed by atoms with Crippen molar-refractivity contribution in [1.82, 2.24) is 5.32 Å².